The molecule has 2 aliphatic heterocycles. The van der Waals surface area contributed by atoms with Gasteiger partial charge in [0, 0.05) is 24.6 Å². The van der Waals surface area contributed by atoms with Crippen LogP contribution in [0.25, 0.3) is 9.93 Å². The second-order valence-electron chi connectivity index (χ2n) is 7.41. The quantitative estimate of drug-likeness (QED) is 0.381. The number of thioether (sulfide) groups is 2. The van der Waals surface area contributed by atoms with E-state index in [1.165, 1.54) is 39.8 Å². The van der Waals surface area contributed by atoms with Crippen LogP contribution >= 0.6 is 47.1 Å². The number of methoxy groups -OCH3 is 1. The zero-order chi connectivity index (χ0) is 24.0. The van der Waals surface area contributed by atoms with E-state index in [1.54, 1.807) is 17.8 Å². The number of hydrogen-bond acceptors (Lipinski definition) is 8. The Morgan fingerprint density at radius 1 is 1.12 bits per heavy atom. The largest absolute Gasteiger partial charge is 0.497 e. The van der Waals surface area contributed by atoms with E-state index < -0.39 is 0 Å². The summed E-state index contributed by atoms with van der Waals surface area (Å²) >= 11 is 9.61. The van der Waals surface area contributed by atoms with Crippen molar-refractivity contribution < 1.29 is 9.53 Å². The molecule has 34 heavy (non-hydrogen) atoms. The van der Waals surface area contributed by atoms with Crippen LogP contribution in [0.2, 0.25) is 0 Å². The molecule has 0 bridgehead atoms. The molecule has 2 aromatic carbocycles. The second-order valence-corrected chi connectivity index (χ2v) is 11.1. The van der Waals surface area contributed by atoms with Gasteiger partial charge in [-0.2, -0.15) is 0 Å². The lowest BCUT2D eigenvalue weighted by molar-refractivity contribution is -0.112. The highest BCUT2D eigenvalue weighted by Gasteiger charge is 2.35. The van der Waals surface area contributed by atoms with E-state index in [1.807, 2.05) is 60.5 Å². The van der Waals surface area contributed by atoms with Gasteiger partial charge in [0.2, 0.25) is 0 Å². The fraction of sp³-hybridized carbons (Fsp3) is 0.125. The van der Waals surface area contributed by atoms with Crippen molar-refractivity contribution in [3.8, 4) is 5.75 Å². The maximum Gasteiger partial charge on any atom is 0.273 e. The summed E-state index contributed by atoms with van der Waals surface area (Å²) in [6.45, 7) is 4.10. The van der Waals surface area contributed by atoms with Crippen molar-refractivity contribution in [2.75, 3.05) is 24.0 Å². The minimum atomic E-state index is -0.225. The normalized spacial score (nSPS) is 18.5. The van der Waals surface area contributed by atoms with Crippen molar-refractivity contribution in [1.29, 1.82) is 0 Å². The first-order valence-corrected chi connectivity index (χ1v) is 13.1. The van der Waals surface area contributed by atoms with Gasteiger partial charge in [-0.3, -0.25) is 19.1 Å². The van der Waals surface area contributed by atoms with Crippen molar-refractivity contribution in [1.82, 2.24) is 4.57 Å². The Morgan fingerprint density at radius 2 is 1.88 bits per heavy atom. The van der Waals surface area contributed by atoms with Gasteiger partial charge in [0.05, 0.1) is 18.5 Å². The van der Waals surface area contributed by atoms with Gasteiger partial charge in [0.15, 0.2) is 4.32 Å². The molecule has 3 aromatic rings. The zero-order valence-electron chi connectivity index (χ0n) is 18.3. The minimum Gasteiger partial charge on any atom is -0.497 e. The van der Waals surface area contributed by atoms with Crippen molar-refractivity contribution in [2.45, 2.75) is 11.4 Å². The summed E-state index contributed by atoms with van der Waals surface area (Å²) in [5.41, 5.74) is 1.53. The molecule has 3 heterocycles. The first-order valence-electron chi connectivity index (χ1n) is 10.2. The van der Waals surface area contributed by atoms with Crippen LogP contribution in [-0.2, 0) is 11.3 Å². The zero-order valence-corrected chi connectivity index (χ0v) is 21.6. The molecule has 6 nitrogen and oxygen atoms in total. The van der Waals surface area contributed by atoms with E-state index in [-0.39, 0.29) is 11.5 Å². The summed E-state index contributed by atoms with van der Waals surface area (Å²) in [7, 11) is 3.56. The highest BCUT2D eigenvalue weighted by molar-refractivity contribution is 8.31. The molecular formula is C24H19N3O3S4. The number of fused-ring (bicyclic) bond motifs is 1. The van der Waals surface area contributed by atoms with E-state index in [2.05, 4.69) is 6.58 Å². The number of thiocarbonyl (C=S) groups is 1. The Balaban J connectivity index is 1.70. The predicted molar refractivity (Wildman–Crippen MR) is 146 cm³/mol. The number of ether oxygens (including phenoxy) is 1. The Morgan fingerprint density at radius 3 is 2.59 bits per heavy atom. The summed E-state index contributed by atoms with van der Waals surface area (Å²) in [6, 6.07) is 15.1. The molecule has 0 saturated carbocycles. The molecule has 0 aliphatic carbocycles. The molecule has 1 amide bonds. The number of hydrogen-bond donors (Lipinski definition) is 0. The lowest BCUT2D eigenvalue weighted by Crippen LogP contribution is -2.35. The van der Waals surface area contributed by atoms with Crippen LogP contribution in [0.5, 0.6) is 5.75 Å². The molecule has 0 atom stereocenters. The maximum atomic E-state index is 13.5. The van der Waals surface area contributed by atoms with Crippen LogP contribution in [0, 0.1) is 0 Å². The Bertz CT molecular complexity index is 1520. The van der Waals surface area contributed by atoms with E-state index in [9.17, 15) is 9.59 Å². The number of amides is 1. The number of thiazole rings is 1. The van der Waals surface area contributed by atoms with Gasteiger partial charge < -0.3 is 9.64 Å². The Hall–Kier alpha value is -2.79. The van der Waals surface area contributed by atoms with Crippen LogP contribution in [0.3, 0.4) is 0 Å². The highest BCUT2D eigenvalue weighted by atomic mass is 32.2. The molecule has 5 rings (SSSR count). The lowest BCUT2D eigenvalue weighted by Gasteiger charge is -2.13. The summed E-state index contributed by atoms with van der Waals surface area (Å²) < 4.78 is 8.58. The third-order valence-corrected chi connectivity index (χ3v) is 9.45. The molecule has 1 fully saturated rings. The number of aromatic nitrogens is 1. The number of carbonyl (C=O) groups excluding carboxylic acids is 1. The van der Waals surface area contributed by atoms with Crippen LogP contribution in [0.4, 0.5) is 11.4 Å². The van der Waals surface area contributed by atoms with Crippen LogP contribution in [0.15, 0.2) is 70.9 Å². The Kier molecular flexibility index (Phi) is 6.15. The van der Waals surface area contributed by atoms with Crippen LogP contribution in [-0.4, -0.2) is 29.0 Å². The van der Waals surface area contributed by atoms with Gasteiger partial charge in [0.1, 0.15) is 24.9 Å². The van der Waals surface area contributed by atoms with Crippen LogP contribution in [0.1, 0.15) is 0 Å². The van der Waals surface area contributed by atoms with Crippen LogP contribution < -0.4 is 29.3 Å². The van der Waals surface area contributed by atoms with Gasteiger partial charge in [-0.25, -0.2) is 0 Å². The minimum absolute atomic E-state index is 0.154. The highest BCUT2D eigenvalue weighted by Crippen LogP contribution is 2.46. The van der Waals surface area contributed by atoms with Crippen molar-refractivity contribution in [3.63, 3.8) is 0 Å². The molecular weight excluding hydrogens is 507 g/mol. The molecule has 172 valence electrons. The van der Waals surface area contributed by atoms with E-state index >= 15 is 0 Å². The monoisotopic (exact) mass is 525 g/mol. The Labute approximate surface area is 213 Å². The number of para-hydroxylation sites is 1. The third kappa shape index (κ3) is 3.70. The number of anilines is 2. The second kappa shape index (κ2) is 9.10. The molecule has 0 radical (unpaired) electrons. The standard InChI is InChI=1S/C24H19N3O3S4/c1-4-12-26-20(28)18(22-25(2)16-13-15(30-3)10-11-17(16)32-22)33-23(26)19-21(29)27(24(31)34-19)14-8-6-5-7-9-14/h4-11,13H,1,12H2,2-3H3/b22-18-,23-19-. The third-order valence-electron chi connectivity index (χ3n) is 5.41. The summed E-state index contributed by atoms with van der Waals surface area (Å²) in [5.74, 6) is 0.527. The molecule has 10 heteroatoms. The molecule has 0 unspecified atom stereocenters. The smallest absolute Gasteiger partial charge is 0.273 e. The summed E-state index contributed by atoms with van der Waals surface area (Å²) in [6.07, 6.45) is 1.66. The molecule has 1 saturated heterocycles. The number of carbonyl (C=O) groups is 1. The van der Waals surface area contributed by atoms with Gasteiger partial charge in [0.25, 0.3) is 11.5 Å². The average molecular weight is 526 g/mol. The number of nitrogens with zero attached hydrogens (tertiary/aromatic N) is 3. The number of benzene rings is 2. The number of rotatable bonds is 4. The average Bonchev–Trinajstić information content (AvgIpc) is 3.45. The van der Waals surface area contributed by atoms with Crippen molar-refractivity contribution in [3.05, 3.63) is 80.7 Å². The van der Waals surface area contributed by atoms with Gasteiger partial charge in [-0.15, -0.1) is 17.9 Å². The molecule has 2 aliphatic rings. The maximum absolute atomic E-state index is 13.5. The van der Waals surface area contributed by atoms with Gasteiger partial charge in [-0.05, 0) is 24.3 Å². The first kappa shape index (κ1) is 23.0. The van der Waals surface area contributed by atoms with Gasteiger partial charge in [-0.1, -0.05) is 60.0 Å². The SMILES string of the molecule is C=CCn1c(=O)/c(=C2/Sc3ccc(OC)cc3N2C)s/c1=C1\SC(=S)N(c2ccccc2)C1=O. The molecule has 1 aromatic heterocycles. The molecule has 0 spiro atoms. The van der Waals surface area contributed by atoms with Gasteiger partial charge >= 0.3 is 0 Å². The van der Waals surface area contributed by atoms with E-state index in [0.29, 0.717) is 30.7 Å². The lowest BCUT2D eigenvalue weighted by atomic mass is 10.3. The fourth-order valence-electron chi connectivity index (χ4n) is 3.76. The fourth-order valence-corrected chi connectivity index (χ4v) is 7.65. The molecule has 0 N–H and O–H groups in total. The van der Waals surface area contributed by atoms with E-state index in [0.717, 1.165) is 21.4 Å². The van der Waals surface area contributed by atoms with Crippen molar-refractivity contribution in [2.24, 2.45) is 0 Å². The topological polar surface area (TPSA) is 54.8 Å². The van der Waals surface area contributed by atoms with Crippen molar-refractivity contribution >= 4 is 78.6 Å². The summed E-state index contributed by atoms with van der Waals surface area (Å²) in [4.78, 5) is 32.0. The van der Waals surface area contributed by atoms with E-state index in [4.69, 9.17) is 17.0 Å². The summed E-state index contributed by atoms with van der Waals surface area (Å²) in [5, 5.41) is 0.820. The predicted octanol–water partition coefficient (Wildman–Crippen LogP) is 3.59. The number of allylic oxidation sites excluding steroid dienone is 1. The first-order chi connectivity index (χ1) is 16.4.